The first-order valence-electron chi connectivity index (χ1n) is 5.48. The van der Waals surface area contributed by atoms with Crippen molar-refractivity contribution in [2.24, 2.45) is 0 Å². The van der Waals surface area contributed by atoms with Gasteiger partial charge in [-0.3, -0.25) is 4.79 Å². The fourth-order valence-electron chi connectivity index (χ4n) is 1.31. The molecule has 0 bridgehead atoms. The van der Waals surface area contributed by atoms with Gasteiger partial charge in [-0.25, -0.2) is 0 Å². The zero-order valence-corrected chi connectivity index (χ0v) is 10.3. The Morgan fingerprint density at radius 3 is 2.62 bits per heavy atom. The maximum Gasteiger partial charge on any atom is 0.251 e. The lowest BCUT2D eigenvalue weighted by atomic mass is 10.1. The van der Waals surface area contributed by atoms with Crippen molar-refractivity contribution in [1.29, 1.82) is 0 Å². The van der Waals surface area contributed by atoms with Gasteiger partial charge in [-0.15, -0.1) is 0 Å². The molecule has 0 aliphatic heterocycles. The van der Waals surface area contributed by atoms with Gasteiger partial charge in [-0.2, -0.15) is 0 Å². The first kappa shape index (κ1) is 12.6. The van der Waals surface area contributed by atoms with Crippen molar-refractivity contribution in [3.05, 3.63) is 29.8 Å². The summed E-state index contributed by atoms with van der Waals surface area (Å²) in [6.45, 7) is 8.39. The summed E-state index contributed by atoms with van der Waals surface area (Å²) < 4.78 is 5.35. The second-order valence-corrected chi connectivity index (χ2v) is 4.66. The monoisotopic (exact) mass is 221 g/mol. The standard InChI is InChI=1S/C13H19NO2/c1-5-16-11-8-6-7-10(9-11)12(15)14-13(2,3)4/h6-9H,5H2,1-4H3,(H,14,15). The Bertz CT molecular complexity index is 366. The quantitative estimate of drug-likeness (QED) is 0.852. The predicted octanol–water partition coefficient (Wildman–Crippen LogP) is 2.61. The van der Waals surface area contributed by atoms with E-state index in [2.05, 4.69) is 5.32 Å². The zero-order valence-electron chi connectivity index (χ0n) is 10.3. The Labute approximate surface area is 96.8 Å². The Morgan fingerprint density at radius 2 is 2.06 bits per heavy atom. The van der Waals surface area contributed by atoms with Crippen LogP contribution in [0.3, 0.4) is 0 Å². The topological polar surface area (TPSA) is 38.3 Å². The normalized spacial score (nSPS) is 11.0. The Morgan fingerprint density at radius 1 is 1.38 bits per heavy atom. The minimum atomic E-state index is -0.224. The largest absolute Gasteiger partial charge is 0.494 e. The Hall–Kier alpha value is -1.51. The third-order valence-electron chi connectivity index (χ3n) is 1.90. The van der Waals surface area contributed by atoms with Crippen molar-refractivity contribution in [3.63, 3.8) is 0 Å². The lowest BCUT2D eigenvalue weighted by Gasteiger charge is -2.20. The molecule has 1 aromatic rings. The van der Waals surface area contributed by atoms with Crippen LogP contribution in [0, 0.1) is 0 Å². The molecule has 0 radical (unpaired) electrons. The fourth-order valence-corrected chi connectivity index (χ4v) is 1.31. The lowest BCUT2D eigenvalue weighted by molar-refractivity contribution is 0.0919. The smallest absolute Gasteiger partial charge is 0.251 e. The van der Waals surface area contributed by atoms with Crippen LogP contribution in [0.2, 0.25) is 0 Å². The fraction of sp³-hybridized carbons (Fsp3) is 0.462. The molecule has 3 heteroatoms. The highest BCUT2D eigenvalue weighted by Crippen LogP contribution is 2.14. The summed E-state index contributed by atoms with van der Waals surface area (Å²) in [6.07, 6.45) is 0. The van der Waals surface area contributed by atoms with E-state index in [-0.39, 0.29) is 11.4 Å². The van der Waals surface area contributed by atoms with Gasteiger partial charge in [0, 0.05) is 11.1 Å². The van der Waals surface area contributed by atoms with Crippen LogP contribution < -0.4 is 10.1 Å². The van der Waals surface area contributed by atoms with Crippen molar-refractivity contribution in [3.8, 4) is 5.75 Å². The molecule has 1 amide bonds. The number of hydrogen-bond acceptors (Lipinski definition) is 2. The molecule has 0 spiro atoms. The highest BCUT2D eigenvalue weighted by Gasteiger charge is 2.15. The number of carbonyl (C=O) groups excluding carboxylic acids is 1. The van der Waals surface area contributed by atoms with Crippen LogP contribution in [-0.4, -0.2) is 18.1 Å². The molecule has 0 saturated carbocycles. The molecule has 0 unspecified atom stereocenters. The summed E-state index contributed by atoms with van der Waals surface area (Å²) in [5, 5.41) is 2.91. The number of benzene rings is 1. The van der Waals surface area contributed by atoms with Gasteiger partial charge in [-0.05, 0) is 45.9 Å². The summed E-state index contributed by atoms with van der Waals surface area (Å²) in [5.74, 6) is 0.651. The zero-order chi connectivity index (χ0) is 12.2. The van der Waals surface area contributed by atoms with E-state index in [4.69, 9.17) is 4.74 Å². The van der Waals surface area contributed by atoms with Crippen LogP contribution >= 0.6 is 0 Å². The van der Waals surface area contributed by atoms with Gasteiger partial charge in [0.25, 0.3) is 5.91 Å². The molecule has 0 atom stereocenters. The van der Waals surface area contributed by atoms with Crippen molar-refractivity contribution in [1.82, 2.24) is 5.32 Å². The Balaban J connectivity index is 2.79. The molecular weight excluding hydrogens is 202 g/mol. The van der Waals surface area contributed by atoms with Gasteiger partial charge in [0.2, 0.25) is 0 Å². The molecule has 1 N–H and O–H groups in total. The summed E-state index contributed by atoms with van der Waals surface area (Å²) >= 11 is 0. The van der Waals surface area contributed by atoms with E-state index in [0.29, 0.717) is 12.2 Å². The van der Waals surface area contributed by atoms with Crippen LogP contribution in [0.25, 0.3) is 0 Å². The van der Waals surface area contributed by atoms with E-state index in [9.17, 15) is 4.79 Å². The number of rotatable bonds is 3. The van der Waals surface area contributed by atoms with E-state index >= 15 is 0 Å². The summed E-state index contributed by atoms with van der Waals surface area (Å²) in [6, 6.07) is 7.20. The SMILES string of the molecule is CCOc1cccc(C(=O)NC(C)(C)C)c1. The minimum Gasteiger partial charge on any atom is -0.494 e. The van der Waals surface area contributed by atoms with E-state index in [1.54, 1.807) is 12.1 Å². The third kappa shape index (κ3) is 3.93. The molecule has 0 aliphatic rings. The molecule has 0 aliphatic carbocycles. The third-order valence-corrected chi connectivity index (χ3v) is 1.90. The molecular formula is C13H19NO2. The first-order chi connectivity index (χ1) is 7.42. The summed E-state index contributed by atoms with van der Waals surface area (Å²) in [7, 11) is 0. The Kier molecular flexibility index (Phi) is 3.93. The number of ether oxygens (including phenoxy) is 1. The molecule has 16 heavy (non-hydrogen) atoms. The van der Waals surface area contributed by atoms with Crippen molar-refractivity contribution in [2.45, 2.75) is 33.2 Å². The number of nitrogens with one attached hydrogen (secondary N) is 1. The average molecular weight is 221 g/mol. The number of carbonyl (C=O) groups is 1. The van der Waals surface area contributed by atoms with Crippen LogP contribution in [0.5, 0.6) is 5.75 Å². The summed E-state index contributed by atoms with van der Waals surface area (Å²) in [5.41, 5.74) is 0.402. The van der Waals surface area contributed by atoms with Gasteiger partial charge in [0.15, 0.2) is 0 Å². The number of amides is 1. The van der Waals surface area contributed by atoms with E-state index in [1.165, 1.54) is 0 Å². The van der Waals surface area contributed by atoms with Gasteiger partial charge < -0.3 is 10.1 Å². The van der Waals surface area contributed by atoms with Crippen LogP contribution in [0.15, 0.2) is 24.3 Å². The first-order valence-corrected chi connectivity index (χ1v) is 5.48. The van der Waals surface area contributed by atoms with Crippen LogP contribution in [-0.2, 0) is 0 Å². The lowest BCUT2D eigenvalue weighted by Crippen LogP contribution is -2.40. The van der Waals surface area contributed by atoms with Gasteiger partial charge in [0.05, 0.1) is 6.61 Å². The molecule has 3 nitrogen and oxygen atoms in total. The van der Waals surface area contributed by atoms with E-state index < -0.39 is 0 Å². The average Bonchev–Trinajstić information content (AvgIpc) is 2.16. The molecule has 0 heterocycles. The van der Waals surface area contributed by atoms with Crippen molar-refractivity contribution < 1.29 is 9.53 Å². The van der Waals surface area contributed by atoms with Gasteiger partial charge >= 0.3 is 0 Å². The van der Waals surface area contributed by atoms with Gasteiger partial charge in [0.1, 0.15) is 5.75 Å². The van der Waals surface area contributed by atoms with Crippen LogP contribution in [0.4, 0.5) is 0 Å². The summed E-state index contributed by atoms with van der Waals surface area (Å²) in [4.78, 5) is 11.9. The van der Waals surface area contributed by atoms with E-state index in [1.807, 2.05) is 39.8 Å². The van der Waals surface area contributed by atoms with Crippen molar-refractivity contribution >= 4 is 5.91 Å². The van der Waals surface area contributed by atoms with Crippen molar-refractivity contribution in [2.75, 3.05) is 6.61 Å². The number of hydrogen-bond donors (Lipinski definition) is 1. The highest BCUT2D eigenvalue weighted by molar-refractivity contribution is 5.95. The second kappa shape index (κ2) is 5.01. The molecule has 1 aromatic carbocycles. The van der Waals surface area contributed by atoms with Gasteiger partial charge in [-0.1, -0.05) is 6.07 Å². The molecule has 0 aromatic heterocycles. The maximum atomic E-state index is 11.9. The highest BCUT2D eigenvalue weighted by atomic mass is 16.5. The molecule has 1 rings (SSSR count). The predicted molar refractivity (Wildman–Crippen MR) is 64.8 cm³/mol. The van der Waals surface area contributed by atoms with Crippen LogP contribution in [0.1, 0.15) is 38.1 Å². The molecule has 88 valence electrons. The van der Waals surface area contributed by atoms with E-state index in [0.717, 1.165) is 5.75 Å². The molecule has 0 saturated heterocycles. The second-order valence-electron chi connectivity index (χ2n) is 4.66. The minimum absolute atomic E-state index is 0.0750. The molecule has 0 fully saturated rings. The maximum absolute atomic E-state index is 11.9.